The van der Waals surface area contributed by atoms with Gasteiger partial charge in [0.1, 0.15) is 11.7 Å². The van der Waals surface area contributed by atoms with Crippen molar-refractivity contribution in [1.82, 2.24) is 9.88 Å². The Morgan fingerprint density at radius 2 is 2.05 bits per heavy atom. The van der Waals surface area contributed by atoms with Crippen LogP contribution in [-0.2, 0) is 27.5 Å². The third kappa shape index (κ3) is 4.27. The number of aliphatic hydroxyl groups is 1. The van der Waals surface area contributed by atoms with Crippen LogP contribution in [0.25, 0.3) is 0 Å². The topological polar surface area (TPSA) is 100.0 Å². The average Bonchev–Trinajstić information content (AvgIpc) is 3.69. The lowest BCUT2D eigenvalue weighted by molar-refractivity contribution is -0.197. The van der Waals surface area contributed by atoms with Crippen molar-refractivity contribution in [3.05, 3.63) is 41.2 Å². The number of aliphatic carboxylic acids is 1. The van der Waals surface area contributed by atoms with Gasteiger partial charge < -0.3 is 19.7 Å². The number of pyridine rings is 1. The van der Waals surface area contributed by atoms with E-state index in [1.165, 1.54) is 0 Å². The second kappa shape index (κ2) is 11.4. The second-order valence-corrected chi connectivity index (χ2v) is 15.2. The molecule has 2 heterocycles. The quantitative estimate of drug-likeness (QED) is 0.230. The van der Waals surface area contributed by atoms with Crippen LogP contribution in [0.15, 0.2) is 30.0 Å². The monoisotopic (exact) mass is 592 g/mol. The summed E-state index contributed by atoms with van der Waals surface area (Å²) in [6.07, 6.45) is 12.7. The minimum absolute atomic E-state index is 0.00495. The summed E-state index contributed by atoms with van der Waals surface area (Å²) in [6, 6.07) is 3.89. The lowest BCUT2D eigenvalue weighted by Gasteiger charge is -2.60. The molecule has 43 heavy (non-hydrogen) atoms. The lowest BCUT2D eigenvalue weighted by atomic mass is 9.41. The Balaban J connectivity index is 1.36. The van der Waals surface area contributed by atoms with Gasteiger partial charge in [-0.1, -0.05) is 64.7 Å². The molecule has 7 nitrogen and oxygen atoms in total. The van der Waals surface area contributed by atoms with Crippen LogP contribution in [0.4, 0.5) is 0 Å². The maximum atomic E-state index is 14.0. The summed E-state index contributed by atoms with van der Waals surface area (Å²) in [5.74, 6) is 0.703. The van der Waals surface area contributed by atoms with Gasteiger partial charge in [0.05, 0.1) is 29.9 Å². The molecule has 0 radical (unpaired) electrons. The molecule has 4 bridgehead atoms. The molecule has 0 amide bonds. The molecule has 0 spiro atoms. The van der Waals surface area contributed by atoms with Crippen molar-refractivity contribution in [2.24, 2.45) is 51.8 Å². The van der Waals surface area contributed by atoms with E-state index < -0.39 is 22.2 Å². The summed E-state index contributed by atoms with van der Waals surface area (Å²) < 4.78 is 7.23. The van der Waals surface area contributed by atoms with Gasteiger partial charge in [-0.05, 0) is 86.3 Å². The van der Waals surface area contributed by atoms with Gasteiger partial charge in [-0.15, -0.1) is 0 Å². The molecule has 0 aromatic carbocycles. The van der Waals surface area contributed by atoms with Crippen LogP contribution >= 0.6 is 0 Å². The van der Waals surface area contributed by atoms with Crippen LogP contribution in [0.2, 0.25) is 0 Å². The van der Waals surface area contributed by atoms with Crippen LogP contribution < -0.4 is 0 Å². The number of likely N-dealkylation sites (N-methyl/N-ethyl adjacent to an activating group) is 1. The third-order valence-electron chi connectivity index (χ3n) is 12.9. The summed E-state index contributed by atoms with van der Waals surface area (Å²) in [5.41, 5.74) is 0.121. The number of hydrogen-bond acceptors (Lipinski definition) is 6. The van der Waals surface area contributed by atoms with E-state index in [1.54, 1.807) is 6.20 Å². The van der Waals surface area contributed by atoms with Crippen LogP contribution in [0.3, 0.4) is 0 Å². The number of carboxylic acid groups (broad SMARTS) is 1. The maximum absolute atomic E-state index is 14.0. The van der Waals surface area contributed by atoms with Crippen LogP contribution in [0.1, 0.15) is 90.3 Å². The Bertz CT molecular complexity index is 1250. The molecule has 1 aromatic rings. The minimum atomic E-state index is -1.19. The number of carbonyl (C=O) groups is 2. The fourth-order valence-electron chi connectivity index (χ4n) is 11.2. The van der Waals surface area contributed by atoms with E-state index in [1.807, 2.05) is 12.1 Å². The smallest absolute Gasteiger partial charge is 0.315 e. The van der Waals surface area contributed by atoms with Gasteiger partial charge in [0.15, 0.2) is 0 Å². The second-order valence-electron chi connectivity index (χ2n) is 15.2. The van der Waals surface area contributed by atoms with E-state index in [4.69, 9.17) is 4.74 Å². The Kier molecular flexibility index (Phi) is 8.17. The average molecular weight is 593 g/mol. The zero-order valence-electron chi connectivity index (χ0n) is 26.8. The van der Waals surface area contributed by atoms with Crippen LogP contribution in [-0.4, -0.2) is 58.2 Å². The normalized spacial score (nSPS) is 41.2. The van der Waals surface area contributed by atoms with Gasteiger partial charge in [0.25, 0.3) is 0 Å². The number of rotatable bonds is 12. The molecule has 236 valence electrons. The Morgan fingerprint density at radius 1 is 1.26 bits per heavy atom. The fraction of sp³-hybridized carbons (Fsp3) is 0.750. The number of aldehydes is 1. The molecule has 1 saturated heterocycles. The molecule has 10 atom stereocenters. The Morgan fingerprint density at radius 3 is 2.67 bits per heavy atom. The number of ether oxygens (including phenoxy) is 1. The zero-order chi connectivity index (χ0) is 30.7. The van der Waals surface area contributed by atoms with Gasteiger partial charge in [0.2, 0.25) is 0 Å². The number of hydrogen-bond donors (Lipinski definition) is 2. The predicted octanol–water partition coefficient (Wildman–Crippen LogP) is 5.89. The van der Waals surface area contributed by atoms with Crippen molar-refractivity contribution in [3.8, 4) is 0 Å². The van der Waals surface area contributed by atoms with E-state index in [-0.39, 0.29) is 36.6 Å². The third-order valence-corrected chi connectivity index (χ3v) is 12.9. The first-order valence-corrected chi connectivity index (χ1v) is 16.9. The van der Waals surface area contributed by atoms with E-state index in [0.717, 1.165) is 74.6 Å². The van der Waals surface area contributed by atoms with Gasteiger partial charge in [-0.2, -0.15) is 0 Å². The standard InChI is InChI=1S/C36H52N2O5/c1-6-7-8-25-13-32(43-31(25)19-38(5)18-27-11-10-24(20-39)17-37-27)35-16-28-23(4)9-12-29(28)34(21-40)15-26(35)14-30(22(2)3)36(34,35)33(41)42/h10-11,14,17,21-23,25-26,28-29,31-32,39H,6-9,12-13,15-16,18-20H2,1-5H3,(H,41,42)/t23-,25?,26?,28-,29-,31?,32?,34?,35?,36?/m1/s1. The number of carbonyl (C=O) groups excluding carboxylic acids is 1. The van der Waals surface area contributed by atoms with Gasteiger partial charge in [-0.25, -0.2) is 0 Å². The fourth-order valence-corrected chi connectivity index (χ4v) is 11.2. The van der Waals surface area contributed by atoms with E-state index >= 15 is 0 Å². The lowest BCUT2D eigenvalue weighted by Crippen LogP contribution is -2.65. The number of fused-ring (bicyclic) bond motifs is 2. The number of aromatic nitrogens is 1. The molecule has 1 aromatic heterocycles. The molecule has 4 fully saturated rings. The van der Waals surface area contributed by atoms with Crippen molar-refractivity contribution in [3.63, 3.8) is 0 Å². The van der Waals surface area contributed by atoms with Crippen molar-refractivity contribution < 1.29 is 24.5 Å². The van der Waals surface area contributed by atoms with Crippen molar-refractivity contribution in [2.45, 2.75) is 104 Å². The largest absolute Gasteiger partial charge is 0.481 e. The Hall–Kier alpha value is -2.09. The highest BCUT2D eigenvalue weighted by Crippen LogP contribution is 2.84. The highest BCUT2D eigenvalue weighted by molar-refractivity contribution is 5.90. The zero-order valence-corrected chi connectivity index (χ0v) is 26.8. The van der Waals surface area contributed by atoms with Crippen molar-refractivity contribution >= 4 is 12.3 Å². The summed E-state index contributed by atoms with van der Waals surface area (Å²) >= 11 is 0. The van der Waals surface area contributed by atoms with E-state index in [9.17, 15) is 19.8 Å². The molecule has 7 unspecified atom stereocenters. The maximum Gasteiger partial charge on any atom is 0.315 e. The summed E-state index contributed by atoms with van der Waals surface area (Å²) in [5, 5.41) is 20.8. The molecule has 5 aliphatic rings. The molecule has 1 aliphatic heterocycles. The predicted molar refractivity (Wildman–Crippen MR) is 165 cm³/mol. The first-order chi connectivity index (χ1) is 20.6. The Labute approximate surface area is 257 Å². The molecule has 2 N–H and O–H groups in total. The number of unbranched alkanes of at least 4 members (excludes halogenated alkanes) is 1. The number of allylic oxidation sites excluding steroid dienone is 1. The molecular weight excluding hydrogens is 540 g/mol. The van der Waals surface area contributed by atoms with Crippen LogP contribution in [0.5, 0.6) is 0 Å². The molecular formula is C36H52N2O5. The minimum Gasteiger partial charge on any atom is -0.481 e. The molecule has 4 aliphatic carbocycles. The van der Waals surface area contributed by atoms with Gasteiger partial charge in [0, 0.05) is 24.7 Å². The highest BCUT2D eigenvalue weighted by Gasteiger charge is 2.86. The van der Waals surface area contributed by atoms with Crippen molar-refractivity contribution in [2.75, 3.05) is 13.6 Å². The van der Waals surface area contributed by atoms with E-state index in [0.29, 0.717) is 30.7 Å². The SMILES string of the molecule is CCCCC1CC(C23C[C@@H]4[C@H](C)CC[C@H]4C4(C=O)CC2C=C(C(C)C)C34C(=O)O)OC1CN(C)Cc1ccc(CO)cn1. The molecule has 7 heteroatoms. The summed E-state index contributed by atoms with van der Waals surface area (Å²) in [6.45, 7) is 10.2. The molecule has 3 saturated carbocycles. The van der Waals surface area contributed by atoms with Gasteiger partial charge in [-0.3, -0.25) is 14.7 Å². The molecule has 6 rings (SSSR count). The van der Waals surface area contributed by atoms with Crippen molar-refractivity contribution in [1.29, 1.82) is 0 Å². The number of carboxylic acids is 1. The number of nitrogens with zero attached hydrogens (tertiary/aromatic N) is 2. The van der Waals surface area contributed by atoms with Crippen LogP contribution in [0, 0.1) is 51.8 Å². The first kappa shape index (κ1) is 30.9. The highest BCUT2D eigenvalue weighted by atomic mass is 16.5. The first-order valence-electron chi connectivity index (χ1n) is 16.9. The summed E-state index contributed by atoms with van der Waals surface area (Å²) in [7, 11) is 2.10. The van der Waals surface area contributed by atoms with E-state index in [2.05, 4.69) is 50.7 Å². The van der Waals surface area contributed by atoms with Gasteiger partial charge >= 0.3 is 5.97 Å². The number of aliphatic hydroxyl groups excluding tert-OH is 1. The summed E-state index contributed by atoms with van der Waals surface area (Å²) in [4.78, 5) is 34.3.